The first-order valence-corrected chi connectivity index (χ1v) is 8.81. The van der Waals surface area contributed by atoms with Crippen LogP contribution in [0.25, 0.3) is 0 Å². The Morgan fingerprint density at radius 3 is 2.42 bits per heavy atom. The first-order chi connectivity index (χ1) is 11.8. The van der Waals surface area contributed by atoms with Gasteiger partial charge in [-0.1, -0.05) is 11.8 Å². The van der Waals surface area contributed by atoms with Crippen molar-refractivity contribution in [1.29, 1.82) is 0 Å². The van der Waals surface area contributed by atoms with Gasteiger partial charge in [0.05, 0.1) is 12.9 Å². The first kappa shape index (κ1) is 16.6. The van der Waals surface area contributed by atoms with Crippen LogP contribution in [0.5, 0.6) is 5.75 Å². The molecule has 2 aromatic rings. The van der Waals surface area contributed by atoms with Gasteiger partial charge < -0.3 is 14.5 Å². The van der Waals surface area contributed by atoms with E-state index in [-0.39, 0.29) is 5.91 Å². The van der Waals surface area contributed by atoms with Crippen molar-refractivity contribution in [3.63, 3.8) is 0 Å². The second-order valence-electron chi connectivity index (χ2n) is 5.39. The summed E-state index contributed by atoms with van der Waals surface area (Å²) >= 11 is 1.38. The van der Waals surface area contributed by atoms with E-state index in [1.54, 1.807) is 25.6 Å². The minimum Gasteiger partial charge on any atom is -0.497 e. The fraction of sp³-hybridized carbons (Fsp3) is 0.353. The summed E-state index contributed by atoms with van der Waals surface area (Å²) in [6.07, 6.45) is 3.38. The van der Waals surface area contributed by atoms with Crippen LogP contribution < -0.4 is 9.64 Å². The summed E-state index contributed by atoms with van der Waals surface area (Å²) in [5.41, 5.74) is 1.16. The van der Waals surface area contributed by atoms with Crippen molar-refractivity contribution in [1.82, 2.24) is 14.9 Å². The molecule has 0 unspecified atom stereocenters. The molecule has 0 N–H and O–H groups in total. The Morgan fingerprint density at radius 1 is 1.12 bits per heavy atom. The predicted molar refractivity (Wildman–Crippen MR) is 94.5 cm³/mol. The number of hydrogen-bond acceptors (Lipinski definition) is 6. The second-order valence-corrected chi connectivity index (χ2v) is 6.33. The third-order valence-corrected chi connectivity index (χ3v) is 4.80. The van der Waals surface area contributed by atoms with E-state index < -0.39 is 0 Å². The molecule has 24 heavy (non-hydrogen) atoms. The van der Waals surface area contributed by atoms with Gasteiger partial charge in [-0.05, 0) is 30.3 Å². The highest BCUT2D eigenvalue weighted by Crippen LogP contribution is 2.21. The SMILES string of the molecule is COc1ccc(N2CCN(C(=O)CSc3ncccn3)CC2)cc1. The molecule has 1 aromatic carbocycles. The highest BCUT2D eigenvalue weighted by molar-refractivity contribution is 7.99. The highest BCUT2D eigenvalue weighted by Gasteiger charge is 2.21. The largest absolute Gasteiger partial charge is 0.497 e. The number of carbonyl (C=O) groups is 1. The van der Waals surface area contributed by atoms with Crippen molar-refractivity contribution in [3.8, 4) is 5.75 Å². The van der Waals surface area contributed by atoms with Gasteiger partial charge >= 0.3 is 0 Å². The Bertz CT molecular complexity index is 658. The normalized spacial score (nSPS) is 14.5. The molecule has 1 aliphatic heterocycles. The summed E-state index contributed by atoms with van der Waals surface area (Å²) in [5, 5.41) is 0.641. The van der Waals surface area contributed by atoms with Crippen molar-refractivity contribution >= 4 is 23.4 Å². The number of piperazine rings is 1. The lowest BCUT2D eigenvalue weighted by Gasteiger charge is -2.36. The van der Waals surface area contributed by atoms with Gasteiger partial charge in [0.25, 0.3) is 0 Å². The minimum atomic E-state index is 0.141. The number of hydrogen-bond donors (Lipinski definition) is 0. The molecular formula is C17H20N4O2S. The molecule has 6 nitrogen and oxygen atoms in total. The lowest BCUT2D eigenvalue weighted by Crippen LogP contribution is -2.49. The lowest BCUT2D eigenvalue weighted by molar-refractivity contribution is -0.128. The first-order valence-electron chi connectivity index (χ1n) is 7.83. The molecule has 7 heteroatoms. The average Bonchev–Trinajstić information content (AvgIpc) is 2.67. The van der Waals surface area contributed by atoms with Crippen LogP contribution in [0.4, 0.5) is 5.69 Å². The van der Waals surface area contributed by atoms with Gasteiger partial charge in [0, 0.05) is 44.3 Å². The molecular weight excluding hydrogens is 324 g/mol. The Labute approximate surface area is 145 Å². The standard InChI is InChI=1S/C17H20N4O2S/c1-23-15-5-3-14(4-6-15)20-9-11-21(12-10-20)16(22)13-24-17-18-7-2-8-19-17/h2-8H,9-13H2,1H3. The van der Waals surface area contributed by atoms with Crippen LogP contribution in [0.2, 0.25) is 0 Å². The number of ether oxygens (including phenoxy) is 1. The van der Waals surface area contributed by atoms with Crippen molar-refractivity contribution in [3.05, 3.63) is 42.7 Å². The van der Waals surface area contributed by atoms with E-state index in [9.17, 15) is 4.79 Å². The third kappa shape index (κ3) is 4.17. The highest BCUT2D eigenvalue weighted by atomic mass is 32.2. The molecule has 1 aliphatic rings. The third-order valence-electron chi connectivity index (χ3n) is 3.94. The van der Waals surface area contributed by atoms with Gasteiger partial charge in [-0.25, -0.2) is 9.97 Å². The summed E-state index contributed by atoms with van der Waals surface area (Å²) in [4.78, 5) is 24.8. The Hall–Kier alpha value is -2.28. The zero-order valence-electron chi connectivity index (χ0n) is 13.6. The summed E-state index contributed by atoms with van der Waals surface area (Å²) in [6, 6.07) is 9.80. The average molecular weight is 344 g/mol. The Balaban J connectivity index is 1.48. The summed E-state index contributed by atoms with van der Waals surface area (Å²) < 4.78 is 5.18. The molecule has 0 radical (unpaired) electrons. The van der Waals surface area contributed by atoms with Crippen molar-refractivity contribution < 1.29 is 9.53 Å². The Morgan fingerprint density at radius 2 is 1.79 bits per heavy atom. The Kier molecular flexibility index (Phi) is 5.53. The van der Waals surface area contributed by atoms with Crippen LogP contribution in [0.3, 0.4) is 0 Å². The number of aromatic nitrogens is 2. The fourth-order valence-electron chi connectivity index (χ4n) is 2.58. The van der Waals surface area contributed by atoms with Crippen LogP contribution in [-0.2, 0) is 4.79 Å². The van der Waals surface area contributed by atoms with E-state index in [4.69, 9.17) is 4.74 Å². The maximum absolute atomic E-state index is 12.3. The molecule has 2 heterocycles. The van der Waals surface area contributed by atoms with E-state index in [0.29, 0.717) is 10.9 Å². The number of anilines is 1. The zero-order valence-corrected chi connectivity index (χ0v) is 14.4. The topological polar surface area (TPSA) is 58.6 Å². The summed E-state index contributed by atoms with van der Waals surface area (Å²) in [7, 11) is 1.66. The van der Waals surface area contributed by atoms with E-state index in [1.807, 2.05) is 17.0 Å². The van der Waals surface area contributed by atoms with Crippen LogP contribution in [0.1, 0.15) is 0 Å². The van der Waals surface area contributed by atoms with Gasteiger partial charge in [0.2, 0.25) is 5.91 Å². The molecule has 0 atom stereocenters. The van der Waals surface area contributed by atoms with Crippen LogP contribution in [0, 0.1) is 0 Å². The van der Waals surface area contributed by atoms with Crippen LogP contribution >= 0.6 is 11.8 Å². The molecule has 3 rings (SSSR count). The number of carbonyl (C=O) groups excluding carboxylic acids is 1. The van der Waals surface area contributed by atoms with E-state index >= 15 is 0 Å². The van der Waals surface area contributed by atoms with Gasteiger partial charge in [-0.3, -0.25) is 4.79 Å². The molecule has 0 saturated carbocycles. The van der Waals surface area contributed by atoms with Gasteiger partial charge in [0.15, 0.2) is 5.16 Å². The molecule has 126 valence electrons. The number of nitrogens with zero attached hydrogens (tertiary/aromatic N) is 4. The number of rotatable bonds is 5. The van der Waals surface area contributed by atoms with Gasteiger partial charge in [-0.2, -0.15) is 0 Å². The van der Waals surface area contributed by atoms with Crippen LogP contribution in [-0.4, -0.2) is 59.8 Å². The number of amides is 1. The molecule has 1 aromatic heterocycles. The molecule has 0 spiro atoms. The number of methoxy groups -OCH3 is 1. The molecule has 0 bridgehead atoms. The summed E-state index contributed by atoms with van der Waals surface area (Å²) in [6.45, 7) is 3.15. The molecule has 1 saturated heterocycles. The van der Waals surface area contributed by atoms with E-state index in [0.717, 1.165) is 37.6 Å². The van der Waals surface area contributed by atoms with Gasteiger partial charge in [-0.15, -0.1) is 0 Å². The maximum Gasteiger partial charge on any atom is 0.233 e. The molecule has 1 amide bonds. The van der Waals surface area contributed by atoms with Gasteiger partial charge in [0.1, 0.15) is 5.75 Å². The van der Waals surface area contributed by atoms with E-state index in [2.05, 4.69) is 27.0 Å². The van der Waals surface area contributed by atoms with Crippen LogP contribution in [0.15, 0.2) is 47.9 Å². The second kappa shape index (κ2) is 8.01. The maximum atomic E-state index is 12.3. The van der Waals surface area contributed by atoms with Crippen molar-refractivity contribution in [2.45, 2.75) is 5.16 Å². The molecule has 1 fully saturated rings. The molecule has 0 aliphatic carbocycles. The number of benzene rings is 1. The smallest absolute Gasteiger partial charge is 0.233 e. The fourth-order valence-corrected chi connectivity index (χ4v) is 3.29. The van der Waals surface area contributed by atoms with Crippen molar-refractivity contribution in [2.24, 2.45) is 0 Å². The lowest BCUT2D eigenvalue weighted by atomic mass is 10.2. The minimum absolute atomic E-state index is 0.141. The zero-order chi connectivity index (χ0) is 16.8. The predicted octanol–water partition coefficient (Wildman–Crippen LogP) is 1.93. The quantitative estimate of drug-likeness (QED) is 0.610. The van der Waals surface area contributed by atoms with E-state index in [1.165, 1.54) is 11.8 Å². The summed E-state index contributed by atoms with van der Waals surface area (Å²) in [5.74, 6) is 1.38. The monoisotopic (exact) mass is 344 g/mol. The number of thioether (sulfide) groups is 1. The van der Waals surface area contributed by atoms with Crippen molar-refractivity contribution in [2.75, 3.05) is 43.9 Å².